The highest BCUT2D eigenvalue weighted by atomic mass is 79.9. The molecule has 0 saturated carbocycles. The third-order valence-electron chi connectivity index (χ3n) is 2.37. The average molecular weight is 286 g/mol. The van der Waals surface area contributed by atoms with Crippen LogP contribution in [0.1, 0.15) is 29.3 Å². The lowest BCUT2D eigenvalue weighted by atomic mass is 10.1. The number of halogens is 1. The lowest BCUT2D eigenvalue weighted by Crippen LogP contribution is -2.33. The van der Waals surface area contributed by atoms with Gasteiger partial charge in [0.1, 0.15) is 5.75 Å². The van der Waals surface area contributed by atoms with Crippen LogP contribution in [0.5, 0.6) is 5.75 Å². The van der Waals surface area contributed by atoms with Crippen LogP contribution in [-0.2, 0) is 0 Å². The van der Waals surface area contributed by atoms with Crippen molar-refractivity contribution in [1.29, 1.82) is 0 Å². The van der Waals surface area contributed by atoms with Crippen molar-refractivity contribution in [1.82, 2.24) is 5.32 Å². The summed E-state index contributed by atoms with van der Waals surface area (Å²) in [6.45, 7) is 3.78. The molecular formula is C12H16BrNO2. The van der Waals surface area contributed by atoms with Gasteiger partial charge in [-0.3, -0.25) is 4.79 Å². The first-order valence-electron chi connectivity index (χ1n) is 5.21. The summed E-state index contributed by atoms with van der Waals surface area (Å²) in [4.78, 5) is 11.9. The van der Waals surface area contributed by atoms with Crippen molar-refractivity contribution in [2.75, 3.05) is 5.33 Å². The van der Waals surface area contributed by atoms with Crippen LogP contribution in [0.3, 0.4) is 0 Å². The Morgan fingerprint density at radius 2 is 2.25 bits per heavy atom. The minimum Gasteiger partial charge on any atom is -0.508 e. The summed E-state index contributed by atoms with van der Waals surface area (Å²) in [5, 5.41) is 13.0. The molecule has 0 aromatic heterocycles. The molecule has 0 aliphatic rings. The van der Waals surface area contributed by atoms with Crippen molar-refractivity contribution in [2.45, 2.75) is 26.3 Å². The van der Waals surface area contributed by atoms with E-state index in [2.05, 4.69) is 21.2 Å². The largest absolute Gasteiger partial charge is 0.508 e. The number of rotatable bonds is 4. The number of phenols is 1. The van der Waals surface area contributed by atoms with E-state index in [4.69, 9.17) is 0 Å². The van der Waals surface area contributed by atoms with Gasteiger partial charge in [0.05, 0.1) is 0 Å². The second kappa shape index (κ2) is 5.89. The molecule has 0 spiro atoms. The normalized spacial score (nSPS) is 12.2. The van der Waals surface area contributed by atoms with Crippen LogP contribution in [0.2, 0.25) is 0 Å². The van der Waals surface area contributed by atoms with E-state index in [0.717, 1.165) is 17.3 Å². The molecule has 1 unspecified atom stereocenters. The summed E-state index contributed by atoms with van der Waals surface area (Å²) in [5.74, 6) is 0.0912. The standard InChI is InChI=1S/C12H16BrNO2/c1-8-7-10(15)3-4-11(8)12(16)14-9(2)5-6-13/h3-4,7,9,15H,5-6H2,1-2H3,(H,14,16). The second-order valence-corrected chi connectivity index (χ2v) is 4.64. The lowest BCUT2D eigenvalue weighted by Gasteiger charge is -2.13. The van der Waals surface area contributed by atoms with E-state index in [-0.39, 0.29) is 17.7 Å². The van der Waals surface area contributed by atoms with Crippen LogP contribution >= 0.6 is 15.9 Å². The number of hydrogen-bond donors (Lipinski definition) is 2. The third-order valence-corrected chi connectivity index (χ3v) is 2.83. The van der Waals surface area contributed by atoms with Gasteiger partial charge < -0.3 is 10.4 Å². The molecule has 1 amide bonds. The molecule has 0 aliphatic carbocycles. The van der Waals surface area contributed by atoms with Crippen LogP contribution in [0.4, 0.5) is 0 Å². The number of carbonyl (C=O) groups is 1. The molecule has 0 heterocycles. The van der Waals surface area contributed by atoms with E-state index in [1.807, 2.05) is 13.8 Å². The Balaban J connectivity index is 2.73. The summed E-state index contributed by atoms with van der Waals surface area (Å²) >= 11 is 3.34. The van der Waals surface area contributed by atoms with E-state index < -0.39 is 0 Å². The number of benzene rings is 1. The molecule has 3 nitrogen and oxygen atoms in total. The van der Waals surface area contributed by atoms with E-state index in [9.17, 15) is 9.90 Å². The number of nitrogens with one attached hydrogen (secondary N) is 1. The molecule has 1 atom stereocenters. The number of alkyl halides is 1. The molecule has 2 N–H and O–H groups in total. The summed E-state index contributed by atoms with van der Waals surface area (Å²) in [6, 6.07) is 4.89. The fourth-order valence-corrected chi connectivity index (χ4v) is 2.13. The zero-order valence-corrected chi connectivity index (χ0v) is 11.0. The Labute approximate surface area is 104 Å². The van der Waals surface area contributed by atoms with Crippen LogP contribution in [0.15, 0.2) is 18.2 Å². The maximum atomic E-state index is 11.9. The van der Waals surface area contributed by atoms with Gasteiger partial charge in [-0.1, -0.05) is 15.9 Å². The molecule has 0 fully saturated rings. The first-order valence-corrected chi connectivity index (χ1v) is 6.33. The molecule has 4 heteroatoms. The minimum atomic E-state index is -0.0917. The van der Waals surface area contributed by atoms with Crippen LogP contribution in [0.25, 0.3) is 0 Å². The van der Waals surface area contributed by atoms with Crippen LogP contribution in [-0.4, -0.2) is 22.4 Å². The number of carbonyl (C=O) groups excluding carboxylic acids is 1. The highest BCUT2D eigenvalue weighted by Crippen LogP contribution is 2.15. The van der Waals surface area contributed by atoms with E-state index in [0.29, 0.717) is 5.56 Å². The van der Waals surface area contributed by atoms with Crippen LogP contribution < -0.4 is 5.32 Å². The van der Waals surface area contributed by atoms with Gasteiger partial charge in [0.2, 0.25) is 0 Å². The van der Waals surface area contributed by atoms with Crippen LogP contribution in [0, 0.1) is 6.92 Å². The second-order valence-electron chi connectivity index (χ2n) is 3.85. The zero-order chi connectivity index (χ0) is 12.1. The molecule has 1 aromatic carbocycles. The maximum absolute atomic E-state index is 11.9. The monoisotopic (exact) mass is 285 g/mol. The van der Waals surface area contributed by atoms with Crippen molar-refractivity contribution >= 4 is 21.8 Å². The zero-order valence-electron chi connectivity index (χ0n) is 9.46. The molecule has 1 rings (SSSR count). The predicted molar refractivity (Wildman–Crippen MR) is 68.2 cm³/mol. The van der Waals surface area contributed by atoms with Gasteiger partial charge in [0.25, 0.3) is 5.91 Å². The molecule has 88 valence electrons. The number of hydrogen-bond acceptors (Lipinski definition) is 2. The van der Waals surface area contributed by atoms with Gasteiger partial charge in [0, 0.05) is 16.9 Å². The topological polar surface area (TPSA) is 49.3 Å². The van der Waals surface area contributed by atoms with Gasteiger partial charge in [-0.05, 0) is 44.0 Å². The minimum absolute atomic E-state index is 0.0917. The average Bonchev–Trinajstić information content (AvgIpc) is 2.17. The summed E-state index contributed by atoms with van der Waals surface area (Å²) in [6.07, 6.45) is 0.892. The molecule has 0 radical (unpaired) electrons. The smallest absolute Gasteiger partial charge is 0.251 e. The molecule has 16 heavy (non-hydrogen) atoms. The van der Waals surface area contributed by atoms with Crippen molar-refractivity contribution in [2.24, 2.45) is 0 Å². The molecule has 1 aromatic rings. The maximum Gasteiger partial charge on any atom is 0.251 e. The quantitative estimate of drug-likeness (QED) is 0.836. The highest BCUT2D eigenvalue weighted by molar-refractivity contribution is 9.09. The molecule has 0 aliphatic heterocycles. The molecule has 0 bridgehead atoms. The van der Waals surface area contributed by atoms with Crippen molar-refractivity contribution < 1.29 is 9.90 Å². The number of aryl methyl sites for hydroxylation is 1. The Bertz CT molecular complexity index is 379. The number of amides is 1. The molecule has 0 saturated heterocycles. The fourth-order valence-electron chi connectivity index (χ4n) is 1.44. The van der Waals surface area contributed by atoms with Gasteiger partial charge in [-0.2, -0.15) is 0 Å². The Morgan fingerprint density at radius 1 is 1.56 bits per heavy atom. The fraction of sp³-hybridized carbons (Fsp3) is 0.417. The SMILES string of the molecule is Cc1cc(O)ccc1C(=O)NC(C)CCBr. The number of aromatic hydroxyl groups is 1. The highest BCUT2D eigenvalue weighted by Gasteiger charge is 2.11. The predicted octanol–water partition coefficient (Wildman–Crippen LogP) is 2.60. The first-order chi connectivity index (χ1) is 7.54. The Morgan fingerprint density at radius 3 is 2.81 bits per heavy atom. The van der Waals surface area contributed by atoms with Gasteiger partial charge >= 0.3 is 0 Å². The summed E-state index contributed by atoms with van der Waals surface area (Å²) in [7, 11) is 0. The third kappa shape index (κ3) is 3.52. The van der Waals surface area contributed by atoms with E-state index >= 15 is 0 Å². The van der Waals surface area contributed by atoms with Crippen molar-refractivity contribution in [3.05, 3.63) is 29.3 Å². The first kappa shape index (κ1) is 13.0. The van der Waals surface area contributed by atoms with E-state index in [1.54, 1.807) is 12.1 Å². The van der Waals surface area contributed by atoms with Gasteiger partial charge in [-0.15, -0.1) is 0 Å². The number of phenolic OH excluding ortho intramolecular Hbond substituents is 1. The van der Waals surface area contributed by atoms with Gasteiger partial charge in [0.15, 0.2) is 0 Å². The summed E-state index contributed by atoms with van der Waals surface area (Å²) < 4.78 is 0. The van der Waals surface area contributed by atoms with Crippen molar-refractivity contribution in [3.8, 4) is 5.75 Å². The Kier molecular flexibility index (Phi) is 4.80. The summed E-state index contributed by atoms with van der Waals surface area (Å²) in [5.41, 5.74) is 1.39. The molecular weight excluding hydrogens is 270 g/mol. The Hall–Kier alpha value is -1.03. The van der Waals surface area contributed by atoms with E-state index in [1.165, 1.54) is 6.07 Å². The van der Waals surface area contributed by atoms with Gasteiger partial charge in [-0.25, -0.2) is 0 Å². The van der Waals surface area contributed by atoms with Crippen molar-refractivity contribution in [3.63, 3.8) is 0 Å². The lowest BCUT2D eigenvalue weighted by molar-refractivity contribution is 0.0939.